The van der Waals surface area contributed by atoms with Crippen molar-refractivity contribution in [1.29, 1.82) is 0 Å². The molecule has 0 saturated carbocycles. The van der Waals surface area contributed by atoms with Gasteiger partial charge in [0.1, 0.15) is 5.75 Å². The third-order valence-corrected chi connectivity index (χ3v) is 6.90. The highest BCUT2D eigenvalue weighted by atomic mass is 32.2. The van der Waals surface area contributed by atoms with Gasteiger partial charge in [-0.05, 0) is 48.7 Å². The molecule has 186 valence electrons. The van der Waals surface area contributed by atoms with Crippen LogP contribution in [0.1, 0.15) is 22.5 Å². The molecule has 0 radical (unpaired) electrons. The number of nitrogens with zero attached hydrogens (tertiary/aromatic N) is 4. The molecule has 36 heavy (non-hydrogen) atoms. The summed E-state index contributed by atoms with van der Waals surface area (Å²) >= 11 is 2.64. The van der Waals surface area contributed by atoms with Gasteiger partial charge in [-0.3, -0.25) is 14.2 Å². The maximum absolute atomic E-state index is 12.6. The SMILES string of the molecule is COc1ccc(CC(=O)NCc2nnc(SCC(=O)Nc3nccs3)n2-c2cc(C)ccc2C)cc1. The number of methoxy groups -OCH3 is 1. The Labute approximate surface area is 217 Å². The van der Waals surface area contributed by atoms with Crippen LogP contribution in [0.2, 0.25) is 0 Å². The van der Waals surface area contributed by atoms with Crippen molar-refractivity contribution in [3.8, 4) is 11.4 Å². The first-order valence-corrected chi connectivity index (χ1v) is 13.0. The number of thioether (sulfide) groups is 1. The molecule has 9 nitrogen and oxygen atoms in total. The zero-order valence-electron chi connectivity index (χ0n) is 20.1. The van der Waals surface area contributed by atoms with Crippen LogP contribution in [0.15, 0.2) is 59.2 Å². The zero-order chi connectivity index (χ0) is 25.5. The number of hydrogen-bond donors (Lipinski definition) is 2. The molecule has 2 amide bonds. The average Bonchev–Trinajstić information content (AvgIpc) is 3.53. The first kappa shape index (κ1) is 25.4. The topological polar surface area (TPSA) is 111 Å². The number of amides is 2. The van der Waals surface area contributed by atoms with Crippen LogP contribution in [-0.4, -0.2) is 44.4 Å². The second-order valence-corrected chi connectivity index (χ2v) is 9.84. The number of anilines is 1. The van der Waals surface area contributed by atoms with Crippen molar-refractivity contribution in [2.75, 3.05) is 18.2 Å². The molecule has 2 heterocycles. The summed E-state index contributed by atoms with van der Waals surface area (Å²) in [5.74, 6) is 1.15. The summed E-state index contributed by atoms with van der Waals surface area (Å²) in [5, 5.41) is 17.3. The molecule has 4 aromatic rings. The predicted octanol–water partition coefficient (Wildman–Crippen LogP) is 3.94. The highest BCUT2D eigenvalue weighted by Gasteiger charge is 2.18. The monoisotopic (exact) mass is 522 g/mol. The van der Waals surface area contributed by atoms with Gasteiger partial charge in [0.2, 0.25) is 11.8 Å². The van der Waals surface area contributed by atoms with E-state index in [0.29, 0.717) is 16.1 Å². The van der Waals surface area contributed by atoms with E-state index in [0.717, 1.165) is 28.1 Å². The molecule has 0 bridgehead atoms. The second kappa shape index (κ2) is 11.8. The minimum atomic E-state index is -0.181. The molecule has 0 aliphatic heterocycles. The van der Waals surface area contributed by atoms with Crippen molar-refractivity contribution in [2.45, 2.75) is 32.0 Å². The summed E-state index contributed by atoms with van der Waals surface area (Å²) in [7, 11) is 1.60. The molecule has 0 fully saturated rings. The molecular formula is C25H26N6O3S2. The van der Waals surface area contributed by atoms with Crippen LogP contribution in [0.5, 0.6) is 5.75 Å². The van der Waals surface area contributed by atoms with Crippen molar-refractivity contribution in [3.05, 3.63) is 76.6 Å². The summed E-state index contributed by atoms with van der Waals surface area (Å²) in [4.78, 5) is 29.1. The number of rotatable bonds is 10. The number of aryl methyl sites for hydroxylation is 2. The number of carbonyl (C=O) groups excluding carboxylic acids is 2. The van der Waals surface area contributed by atoms with Gasteiger partial charge in [0.25, 0.3) is 0 Å². The Morgan fingerprint density at radius 3 is 2.61 bits per heavy atom. The highest BCUT2D eigenvalue weighted by Crippen LogP contribution is 2.25. The van der Waals surface area contributed by atoms with Gasteiger partial charge >= 0.3 is 0 Å². The van der Waals surface area contributed by atoms with Crippen LogP contribution < -0.4 is 15.4 Å². The van der Waals surface area contributed by atoms with Crippen molar-refractivity contribution < 1.29 is 14.3 Å². The normalized spacial score (nSPS) is 10.8. The van der Waals surface area contributed by atoms with E-state index in [1.54, 1.807) is 18.7 Å². The van der Waals surface area contributed by atoms with Gasteiger partial charge in [-0.1, -0.05) is 36.0 Å². The lowest BCUT2D eigenvalue weighted by Crippen LogP contribution is -2.26. The van der Waals surface area contributed by atoms with Gasteiger partial charge in [0, 0.05) is 11.6 Å². The summed E-state index contributed by atoms with van der Waals surface area (Å²) in [5.41, 5.74) is 3.89. The van der Waals surface area contributed by atoms with Crippen LogP contribution in [-0.2, 0) is 22.6 Å². The molecule has 0 aliphatic rings. The molecule has 0 spiro atoms. The molecule has 0 unspecified atom stereocenters. The van der Waals surface area contributed by atoms with Crippen molar-refractivity contribution in [1.82, 2.24) is 25.1 Å². The van der Waals surface area contributed by atoms with E-state index in [1.165, 1.54) is 23.1 Å². The van der Waals surface area contributed by atoms with Crippen molar-refractivity contribution in [2.24, 2.45) is 0 Å². The number of hydrogen-bond acceptors (Lipinski definition) is 8. The van der Waals surface area contributed by atoms with Crippen molar-refractivity contribution in [3.63, 3.8) is 0 Å². The molecule has 0 saturated heterocycles. The number of ether oxygens (including phenoxy) is 1. The second-order valence-electron chi connectivity index (χ2n) is 8.00. The van der Waals surface area contributed by atoms with E-state index in [2.05, 4.69) is 25.8 Å². The lowest BCUT2D eigenvalue weighted by molar-refractivity contribution is -0.120. The van der Waals surface area contributed by atoms with E-state index in [4.69, 9.17) is 4.74 Å². The molecular weight excluding hydrogens is 496 g/mol. The summed E-state index contributed by atoms with van der Waals surface area (Å²) in [6.07, 6.45) is 1.87. The third kappa shape index (κ3) is 6.49. The maximum Gasteiger partial charge on any atom is 0.236 e. The highest BCUT2D eigenvalue weighted by molar-refractivity contribution is 7.99. The Kier molecular flexibility index (Phi) is 8.34. The quantitative estimate of drug-likeness (QED) is 0.304. The van der Waals surface area contributed by atoms with Gasteiger partial charge in [0.15, 0.2) is 16.1 Å². The first-order valence-electron chi connectivity index (χ1n) is 11.2. The van der Waals surface area contributed by atoms with Crippen LogP contribution in [0, 0.1) is 13.8 Å². The smallest absolute Gasteiger partial charge is 0.236 e. The molecule has 2 aromatic heterocycles. The standard InChI is InChI=1S/C25H26N6O3S2/c1-16-4-5-17(2)20(12-16)31-21(14-27-22(32)13-18-6-8-19(34-3)9-7-18)29-30-25(31)36-15-23(33)28-24-26-10-11-35-24/h4-12H,13-15H2,1-3H3,(H,27,32)(H,26,28,33). The molecule has 11 heteroatoms. The van der Waals surface area contributed by atoms with Gasteiger partial charge in [0.05, 0.1) is 31.5 Å². The summed E-state index contributed by atoms with van der Waals surface area (Å²) < 4.78 is 7.07. The molecule has 0 aliphatic carbocycles. The number of aromatic nitrogens is 4. The van der Waals surface area contributed by atoms with Crippen LogP contribution in [0.4, 0.5) is 5.13 Å². The zero-order valence-corrected chi connectivity index (χ0v) is 21.8. The fourth-order valence-corrected chi connectivity index (χ4v) is 4.76. The fourth-order valence-electron chi connectivity index (χ4n) is 3.45. The fraction of sp³-hybridized carbons (Fsp3) is 0.240. The van der Waals surface area contributed by atoms with E-state index in [-0.39, 0.29) is 30.5 Å². The molecule has 2 N–H and O–H groups in total. The Morgan fingerprint density at radius 2 is 1.89 bits per heavy atom. The minimum Gasteiger partial charge on any atom is -0.497 e. The molecule has 4 rings (SSSR count). The minimum absolute atomic E-state index is 0.132. The largest absolute Gasteiger partial charge is 0.497 e. The maximum atomic E-state index is 12.6. The lowest BCUT2D eigenvalue weighted by Gasteiger charge is -2.14. The number of carbonyl (C=O) groups is 2. The summed E-state index contributed by atoms with van der Waals surface area (Å²) in [6.45, 7) is 4.21. The Balaban J connectivity index is 1.49. The Bertz CT molecular complexity index is 1340. The Morgan fingerprint density at radius 1 is 1.08 bits per heavy atom. The number of thiazole rings is 1. The molecule has 0 atom stereocenters. The van der Waals surface area contributed by atoms with Crippen LogP contribution in [0.3, 0.4) is 0 Å². The number of nitrogens with one attached hydrogen (secondary N) is 2. The van der Waals surface area contributed by atoms with Crippen LogP contribution >= 0.6 is 23.1 Å². The number of benzene rings is 2. The van der Waals surface area contributed by atoms with E-state index in [9.17, 15) is 9.59 Å². The predicted molar refractivity (Wildman–Crippen MR) is 141 cm³/mol. The van der Waals surface area contributed by atoms with E-state index in [1.807, 2.05) is 60.9 Å². The van der Waals surface area contributed by atoms with Gasteiger partial charge < -0.3 is 15.4 Å². The van der Waals surface area contributed by atoms with Gasteiger partial charge in [-0.2, -0.15) is 0 Å². The lowest BCUT2D eigenvalue weighted by atomic mass is 10.1. The Hall–Kier alpha value is -3.70. The average molecular weight is 523 g/mol. The van der Waals surface area contributed by atoms with E-state index >= 15 is 0 Å². The van der Waals surface area contributed by atoms with Gasteiger partial charge in [-0.25, -0.2) is 4.98 Å². The van der Waals surface area contributed by atoms with Crippen molar-refractivity contribution >= 4 is 40.0 Å². The molecule has 2 aromatic carbocycles. The first-order chi connectivity index (χ1) is 17.4. The van der Waals surface area contributed by atoms with Crippen LogP contribution in [0.25, 0.3) is 5.69 Å². The van der Waals surface area contributed by atoms with Gasteiger partial charge in [-0.15, -0.1) is 21.5 Å². The third-order valence-electron chi connectivity index (χ3n) is 5.28. The van der Waals surface area contributed by atoms with E-state index < -0.39 is 0 Å². The summed E-state index contributed by atoms with van der Waals surface area (Å²) in [6, 6.07) is 13.5.